The lowest BCUT2D eigenvalue weighted by molar-refractivity contribution is 0.370. The molecule has 0 aliphatic carbocycles. The molecule has 2 aromatic rings. The van der Waals surface area contributed by atoms with Crippen LogP contribution in [0.3, 0.4) is 0 Å². The zero-order chi connectivity index (χ0) is 12.8. The molecule has 0 radical (unpaired) electrons. The Morgan fingerprint density at radius 1 is 1.33 bits per heavy atom. The summed E-state index contributed by atoms with van der Waals surface area (Å²) in [5.74, 6) is 1.37. The maximum atomic E-state index is 6.09. The number of aryl methyl sites for hydroxylation is 1. The van der Waals surface area contributed by atoms with E-state index in [1.807, 2.05) is 31.3 Å². The molecule has 0 saturated heterocycles. The Kier molecular flexibility index (Phi) is 4.73. The molecule has 18 heavy (non-hydrogen) atoms. The minimum atomic E-state index is 0.606. The molecule has 96 valence electrons. The summed E-state index contributed by atoms with van der Waals surface area (Å²) in [7, 11) is 1.93. The lowest BCUT2D eigenvalue weighted by Crippen LogP contribution is -2.08. The first-order valence-corrected chi connectivity index (χ1v) is 6.37. The summed E-state index contributed by atoms with van der Waals surface area (Å²) >= 11 is 6.09. The lowest BCUT2D eigenvalue weighted by Gasteiger charge is -1.98. The normalized spacial score (nSPS) is 10.8. The maximum Gasteiger partial charge on any atom is 0.226 e. The minimum absolute atomic E-state index is 0.606. The van der Waals surface area contributed by atoms with E-state index in [1.54, 1.807) is 0 Å². The van der Waals surface area contributed by atoms with Crippen LogP contribution >= 0.6 is 11.6 Å². The van der Waals surface area contributed by atoms with Gasteiger partial charge in [-0.1, -0.05) is 35.0 Å². The first-order chi connectivity index (χ1) is 8.79. The second-order valence-corrected chi connectivity index (χ2v) is 4.49. The van der Waals surface area contributed by atoms with Crippen LogP contribution < -0.4 is 5.32 Å². The van der Waals surface area contributed by atoms with E-state index in [9.17, 15) is 0 Å². The maximum absolute atomic E-state index is 6.09. The van der Waals surface area contributed by atoms with Crippen molar-refractivity contribution in [3.63, 3.8) is 0 Å². The van der Waals surface area contributed by atoms with Crippen LogP contribution in [-0.4, -0.2) is 23.7 Å². The van der Waals surface area contributed by atoms with Crippen molar-refractivity contribution in [3.8, 4) is 0 Å². The molecule has 4 nitrogen and oxygen atoms in total. The van der Waals surface area contributed by atoms with Gasteiger partial charge < -0.3 is 9.84 Å². The average molecular weight is 266 g/mol. The van der Waals surface area contributed by atoms with Crippen LogP contribution in [-0.2, 0) is 12.8 Å². The van der Waals surface area contributed by atoms with Gasteiger partial charge >= 0.3 is 0 Å². The number of hydrogen-bond donors (Lipinski definition) is 1. The quantitative estimate of drug-likeness (QED) is 0.816. The fourth-order valence-corrected chi connectivity index (χ4v) is 1.89. The van der Waals surface area contributed by atoms with Crippen LogP contribution in [0.25, 0.3) is 0 Å². The Bertz CT molecular complexity index is 498. The van der Waals surface area contributed by atoms with Gasteiger partial charge in [-0.05, 0) is 31.6 Å². The third kappa shape index (κ3) is 3.55. The Labute approximate surface area is 111 Å². The Balaban J connectivity index is 1.96. The fraction of sp³-hybridized carbons (Fsp3) is 0.385. The standard InChI is InChI=1S/C13H16ClN3O/c1-15-8-4-7-13-16-12(17-18-13)9-10-5-2-3-6-11(10)14/h2-3,5-6,15H,4,7-9H2,1H3. The molecule has 0 aliphatic heterocycles. The number of aromatic nitrogens is 2. The summed E-state index contributed by atoms with van der Waals surface area (Å²) in [4.78, 5) is 4.35. The first kappa shape index (κ1) is 13.1. The molecule has 1 aromatic heterocycles. The SMILES string of the molecule is CNCCCc1nc(Cc2ccccc2Cl)no1. The molecule has 1 N–H and O–H groups in total. The van der Waals surface area contributed by atoms with Gasteiger partial charge in [0.1, 0.15) is 0 Å². The largest absolute Gasteiger partial charge is 0.339 e. The van der Waals surface area contributed by atoms with E-state index in [0.29, 0.717) is 18.1 Å². The van der Waals surface area contributed by atoms with Crippen molar-refractivity contribution in [3.05, 3.63) is 46.6 Å². The second kappa shape index (κ2) is 6.52. The van der Waals surface area contributed by atoms with E-state index in [-0.39, 0.29) is 0 Å². The third-order valence-corrected chi connectivity index (χ3v) is 3.00. The predicted octanol–water partition coefficient (Wildman–Crippen LogP) is 2.47. The molecule has 0 aliphatic rings. The van der Waals surface area contributed by atoms with E-state index >= 15 is 0 Å². The molecular formula is C13H16ClN3O. The van der Waals surface area contributed by atoms with E-state index in [2.05, 4.69) is 15.5 Å². The van der Waals surface area contributed by atoms with Crippen LogP contribution in [0, 0.1) is 0 Å². The number of rotatable bonds is 6. The van der Waals surface area contributed by atoms with Crippen molar-refractivity contribution in [2.75, 3.05) is 13.6 Å². The summed E-state index contributed by atoms with van der Waals surface area (Å²) in [5.41, 5.74) is 1.02. The molecule has 5 heteroatoms. The summed E-state index contributed by atoms with van der Waals surface area (Å²) in [6, 6.07) is 7.70. The van der Waals surface area contributed by atoms with Gasteiger partial charge in [0, 0.05) is 17.9 Å². The molecule has 0 spiro atoms. The topological polar surface area (TPSA) is 51.0 Å². The highest BCUT2D eigenvalue weighted by atomic mass is 35.5. The van der Waals surface area contributed by atoms with Gasteiger partial charge in [0.2, 0.25) is 5.89 Å². The van der Waals surface area contributed by atoms with Crippen LogP contribution in [0.5, 0.6) is 0 Å². The highest BCUT2D eigenvalue weighted by Gasteiger charge is 2.08. The summed E-state index contributed by atoms with van der Waals surface area (Å²) in [5, 5.41) is 7.79. The van der Waals surface area contributed by atoms with Crippen LogP contribution in [0.15, 0.2) is 28.8 Å². The molecule has 0 fully saturated rings. The minimum Gasteiger partial charge on any atom is -0.339 e. The Morgan fingerprint density at radius 2 is 2.17 bits per heavy atom. The van der Waals surface area contributed by atoms with Crippen molar-refractivity contribution in [1.29, 1.82) is 0 Å². The molecule has 0 bridgehead atoms. The van der Waals surface area contributed by atoms with Gasteiger partial charge in [0.25, 0.3) is 0 Å². The van der Waals surface area contributed by atoms with Gasteiger partial charge in [0.15, 0.2) is 5.82 Å². The third-order valence-electron chi connectivity index (χ3n) is 2.63. The number of nitrogens with one attached hydrogen (secondary N) is 1. The first-order valence-electron chi connectivity index (χ1n) is 5.99. The van der Waals surface area contributed by atoms with Gasteiger partial charge in [-0.3, -0.25) is 0 Å². The molecule has 0 unspecified atom stereocenters. The smallest absolute Gasteiger partial charge is 0.226 e. The van der Waals surface area contributed by atoms with Crippen molar-refractivity contribution in [1.82, 2.24) is 15.5 Å². The monoisotopic (exact) mass is 265 g/mol. The molecule has 0 amide bonds. The van der Waals surface area contributed by atoms with Gasteiger partial charge in [-0.25, -0.2) is 0 Å². The van der Waals surface area contributed by atoms with Crippen molar-refractivity contribution in [2.45, 2.75) is 19.3 Å². The number of benzene rings is 1. The van der Waals surface area contributed by atoms with Gasteiger partial charge in [0.05, 0.1) is 0 Å². The Morgan fingerprint density at radius 3 is 2.94 bits per heavy atom. The van der Waals surface area contributed by atoms with Crippen LogP contribution in [0.1, 0.15) is 23.7 Å². The second-order valence-electron chi connectivity index (χ2n) is 4.08. The summed E-state index contributed by atoms with van der Waals surface area (Å²) in [6.45, 7) is 0.947. The predicted molar refractivity (Wildman–Crippen MR) is 70.8 cm³/mol. The van der Waals surface area contributed by atoms with Gasteiger partial charge in [-0.2, -0.15) is 4.98 Å². The van der Waals surface area contributed by atoms with Crippen LogP contribution in [0.2, 0.25) is 5.02 Å². The molecule has 0 saturated carbocycles. The van der Waals surface area contributed by atoms with Gasteiger partial charge in [-0.15, -0.1) is 0 Å². The van der Waals surface area contributed by atoms with Crippen molar-refractivity contribution < 1.29 is 4.52 Å². The highest BCUT2D eigenvalue weighted by Crippen LogP contribution is 2.17. The highest BCUT2D eigenvalue weighted by molar-refractivity contribution is 6.31. The number of halogens is 1. The summed E-state index contributed by atoms with van der Waals surface area (Å²) in [6.07, 6.45) is 2.40. The van der Waals surface area contributed by atoms with E-state index < -0.39 is 0 Å². The Hall–Kier alpha value is -1.39. The van der Waals surface area contributed by atoms with Crippen molar-refractivity contribution >= 4 is 11.6 Å². The molecule has 2 rings (SSSR count). The fourth-order valence-electron chi connectivity index (χ4n) is 1.69. The molecule has 1 aromatic carbocycles. The zero-order valence-corrected chi connectivity index (χ0v) is 11.1. The van der Waals surface area contributed by atoms with Crippen molar-refractivity contribution in [2.24, 2.45) is 0 Å². The molecular weight excluding hydrogens is 250 g/mol. The summed E-state index contributed by atoms with van der Waals surface area (Å²) < 4.78 is 5.19. The van der Waals surface area contributed by atoms with E-state index in [1.165, 1.54) is 0 Å². The number of hydrogen-bond acceptors (Lipinski definition) is 4. The van der Waals surface area contributed by atoms with E-state index in [4.69, 9.17) is 16.1 Å². The molecule has 0 atom stereocenters. The van der Waals surface area contributed by atoms with E-state index in [0.717, 1.165) is 30.0 Å². The zero-order valence-electron chi connectivity index (χ0n) is 10.3. The number of nitrogens with zero attached hydrogens (tertiary/aromatic N) is 2. The van der Waals surface area contributed by atoms with Crippen LogP contribution in [0.4, 0.5) is 0 Å². The average Bonchev–Trinajstić information content (AvgIpc) is 2.80. The lowest BCUT2D eigenvalue weighted by atomic mass is 10.1. The molecule has 1 heterocycles.